The van der Waals surface area contributed by atoms with Gasteiger partial charge < -0.3 is 11.1 Å². The lowest BCUT2D eigenvalue weighted by Crippen LogP contribution is -2.27. The van der Waals surface area contributed by atoms with Crippen molar-refractivity contribution < 1.29 is 4.79 Å². The van der Waals surface area contributed by atoms with Crippen molar-refractivity contribution in [2.45, 2.75) is 13.3 Å². The van der Waals surface area contributed by atoms with E-state index in [1.807, 2.05) is 20.0 Å². The number of nitrogens with zero attached hydrogens (tertiary/aromatic N) is 2. The van der Waals surface area contributed by atoms with E-state index in [0.717, 1.165) is 17.7 Å². The molecule has 0 saturated carbocycles. The monoisotopic (exact) mass is 258 g/mol. The van der Waals surface area contributed by atoms with Crippen LogP contribution in [0.25, 0.3) is 0 Å². The van der Waals surface area contributed by atoms with E-state index < -0.39 is 0 Å². The van der Waals surface area contributed by atoms with Crippen LogP contribution in [0.2, 0.25) is 0 Å². The first-order valence-corrected chi connectivity index (χ1v) is 6.19. The zero-order valence-corrected chi connectivity index (χ0v) is 11.2. The van der Waals surface area contributed by atoms with Gasteiger partial charge in [-0.3, -0.25) is 9.48 Å². The number of amides is 1. The number of nitrogens with one attached hydrogen (secondary N) is 1. The second kappa shape index (κ2) is 5.56. The maximum Gasteiger partial charge on any atom is 0.251 e. The maximum absolute atomic E-state index is 12.0. The fraction of sp³-hybridized carbons (Fsp3) is 0.286. The van der Waals surface area contributed by atoms with E-state index in [0.29, 0.717) is 17.8 Å². The summed E-state index contributed by atoms with van der Waals surface area (Å²) in [5, 5.41) is 6.98. The normalized spacial score (nSPS) is 10.4. The van der Waals surface area contributed by atoms with Crippen molar-refractivity contribution in [3.05, 3.63) is 47.3 Å². The Balaban J connectivity index is 1.95. The third-order valence-electron chi connectivity index (χ3n) is 3.21. The number of carbonyl (C=O) groups is 1. The van der Waals surface area contributed by atoms with Crippen LogP contribution >= 0.6 is 0 Å². The summed E-state index contributed by atoms with van der Waals surface area (Å²) in [5.41, 5.74) is 8.97. The molecule has 0 aliphatic rings. The fourth-order valence-corrected chi connectivity index (χ4v) is 1.95. The largest absolute Gasteiger partial charge is 0.398 e. The summed E-state index contributed by atoms with van der Waals surface area (Å²) in [4.78, 5) is 12.0. The summed E-state index contributed by atoms with van der Waals surface area (Å²) in [7, 11) is 1.89. The van der Waals surface area contributed by atoms with Gasteiger partial charge in [0.15, 0.2) is 0 Å². The van der Waals surface area contributed by atoms with E-state index in [9.17, 15) is 4.79 Å². The molecule has 0 aliphatic carbocycles. The molecule has 1 aromatic heterocycles. The van der Waals surface area contributed by atoms with E-state index in [1.165, 1.54) is 0 Å². The van der Waals surface area contributed by atoms with Crippen LogP contribution in [0.1, 0.15) is 21.6 Å². The van der Waals surface area contributed by atoms with Crippen LogP contribution in [0.15, 0.2) is 30.5 Å². The Hall–Kier alpha value is -2.30. The van der Waals surface area contributed by atoms with Gasteiger partial charge in [-0.05, 0) is 30.7 Å². The minimum absolute atomic E-state index is 0.0908. The van der Waals surface area contributed by atoms with Crippen LogP contribution in [0.3, 0.4) is 0 Å². The van der Waals surface area contributed by atoms with Crippen LogP contribution in [-0.2, 0) is 13.5 Å². The number of nitrogens with two attached hydrogens (primary N) is 1. The molecule has 1 aromatic carbocycles. The standard InChI is InChI=1S/C14H18N4O/c1-10-12(4-3-5-13(10)15)14(19)16-8-6-11-7-9-17-18(11)2/h3-5,7,9H,6,8,15H2,1-2H3,(H,16,19). The van der Waals surface area contributed by atoms with Gasteiger partial charge in [0.05, 0.1) is 0 Å². The lowest BCUT2D eigenvalue weighted by atomic mass is 10.1. The molecule has 2 aromatic rings. The van der Waals surface area contributed by atoms with Gasteiger partial charge in [-0.2, -0.15) is 5.10 Å². The number of rotatable bonds is 4. The van der Waals surface area contributed by atoms with E-state index in [-0.39, 0.29) is 5.91 Å². The Kier molecular flexibility index (Phi) is 3.85. The molecule has 19 heavy (non-hydrogen) atoms. The lowest BCUT2D eigenvalue weighted by Gasteiger charge is -2.09. The van der Waals surface area contributed by atoms with Crippen molar-refractivity contribution in [1.82, 2.24) is 15.1 Å². The number of hydrogen-bond donors (Lipinski definition) is 2. The highest BCUT2D eigenvalue weighted by atomic mass is 16.1. The smallest absolute Gasteiger partial charge is 0.251 e. The molecule has 3 N–H and O–H groups in total. The highest BCUT2D eigenvalue weighted by molar-refractivity contribution is 5.96. The summed E-state index contributed by atoms with van der Waals surface area (Å²) in [6.07, 6.45) is 2.50. The second-order valence-corrected chi connectivity index (χ2v) is 4.47. The number of aryl methyl sites for hydroxylation is 1. The molecule has 5 heteroatoms. The number of hydrogen-bond acceptors (Lipinski definition) is 3. The number of benzene rings is 1. The first-order valence-electron chi connectivity index (χ1n) is 6.19. The molecule has 2 rings (SSSR count). The predicted molar refractivity (Wildman–Crippen MR) is 74.8 cm³/mol. The number of aromatic nitrogens is 2. The van der Waals surface area contributed by atoms with Crippen molar-refractivity contribution in [3.8, 4) is 0 Å². The molecule has 0 atom stereocenters. The van der Waals surface area contributed by atoms with Crippen LogP contribution in [-0.4, -0.2) is 22.2 Å². The molecule has 100 valence electrons. The van der Waals surface area contributed by atoms with Crippen LogP contribution in [0.5, 0.6) is 0 Å². The van der Waals surface area contributed by atoms with E-state index in [1.54, 1.807) is 29.1 Å². The summed E-state index contributed by atoms with van der Waals surface area (Å²) < 4.78 is 1.80. The maximum atomic E-state index is 12.0. The second-order valence-electron chi connectivity index (χ2n) is 4.47. The molecule has 0 aliphatic heterocycles. The zero-order valence-electron chi connectivity index (χ0n) is 11.2. The van der Waals surface area contributed by atoms with Crippen LogP contribution < -0.4 is 11.1 Å². The number of carbonyl (C=O) groups excluding carboxylic acids is 1. The van der Waals surface area contributed by atoms with Crippen molar-refractivity contribution in [3.63, 3.8) is 0 Å². The highest BCUT2D eigenvalue weighted by Crippen LogP contribution is 2.15. The Morgan fingerprint density at radius 3 is 2.89 bits per heavy atom. The molecule has 5 nitrogen and oxygen atoms in total. The van der Waals surface area contributed by atoms with Crippen molar-refractivity contribution in [2.24, 2.45) is 7.05 Å². The summed E-state index contributed by atoms with van der Waals surface area (Å²) in [5.74, 6) is -0.0908. The fourth-order valence-electron chi connectivity index (χ4n) is 1.95. The molecule has 0 bridgehead atoms. The molecule has 1 heterocycles. The predicted octanol–water partition coefficient (Wildman–Crippen LogP) is 1.28. The lowest BCUT2D eigenvalue weighted by molar-refractivity contribution is 0.0953. The number of nitrogen functional groups attached to an aromatic ring is 1. The van der Waals surface area contributed by atoms with Gasteiger partial charge in [0.1, 0.15) is 0 Å². The van der Waals surface area contributed by atoms with E-state index >= 15 is 0 Å². The van der Waals surface area contributed by atoms with E-state index in [4.69, 9.17) is 5.73 Å². The average Bonchev–Trinajstić information content (AvgIpc) is 2.78. The summed E-state index contributed by atoms with van der Waals surface area (Å²) in [6, 6.07) is 7.31. The Bertz CT molecular complexity index is 589. The van der Waals surface area contributed by atoms with Crippen LogP contribution in [0.4, 0.5) is 5.69 Å². The Labute approximate surface area is 112 Å². The van der Waals surface area contributed by atoms with Gasteiger partial charge in [-0.25, -0.2) is 0 Å². The van der Waals surface area contributed by atoms with Gasteiger partial charge in [-0.15, -0.1) is 0 Å². The third-order valence-corrected chi connectivity index (χ3v) is 3.21. The minimum Gasteiger partial charge on any atom is -0.398 e. The van der Waals surface area contributed by atoms with Gasteiger partial charge in [0, 0.05) is 43.2 Å². The van der Waals surface area contributed by atoms with E-state index in [2.05, 4.69) is 10.4 Å². The van der Waals surface area contributed by atoms with Crippen molar-refractivity contribution in [1.29, 1.82) is 0 Å². The number of anilines is 1. The topological polar surface area (TPSA) is 72.9 Å². The molecular weight excluding hydrogens is 240 g/mol. The molecule has 0 fully saturated rings. The molecule has 0 radical (unpaired) electrons. The highest BCUT2D eigenvalue weighted by Gasteiger charge is 2.10. The van der Waals surface area contributed by atoms with Gasteiger partial charge >= 0.3 is 0 Å². The molecule has 0 saturated heterocycles. The molecular formula is C14H18N4O. The minimum atomic E-state index is -0.0908. The first kappa shape index (κ1) is 13.1. The van der Waals surface area contributed by atoms with Gasteiger partial charge in [0.2, 0.25) is 0 Å². The van der Waals surface area contributed by atoms with Crippen LogP contribution in [0, 0.1) is 6.92 Å². The van der Waals surface area contributed by atoms with Gasteiger partial charge in [-0.1, -0.05) is 6.07 Å². The molecule has 1 amide bonds. The Morgan fingerprint density at radius 1 is 1.42 bits per heavy atom. The third kappa shape index (κ3) is 2.93. The first-order chi connectivity index (χ1) is 9.09. The quantitative estimate of drug-likeness (QED) is 0.811. The summed E-state index contributed by atoms with van der Waals surface area (Å²) in [6.45, 7) is 2.43. The van der Waals surface area contributed by atoms with Crippen molar-refractivity contribution in [2.75, 3.05) is 12.3 Å². The SMILES string of the molecule is Cc1c(N)cccc1C(=O)NCCc1ccnn1C. The molecule has 0 spiro atoms. The van der Waals surface area contributed by atoms with Gasteiger partial charge in [0.25, 0.3) is 5.91 Å². The zero-order chi connectivity index (χ0) is 13.8. The Morgan fingerprint density at radius 2 is 2.21 bits per heavy atom. The summed E-state index contributed by atoms with van der Waals surface area (Å²) >= 11 is 0. The average molecular weight is 258 g/mol. The molecule has 0 unspecified atom stereocenters. The van der Waals surface area contributed by atoms with Crippen molar-refractivity contribution >= 4 is 11.6 Å².